The zero-order valence-corrected chi connectivity index (χ0v) is 19.1. The van der Waals surface area contributed by atoms with Gasteiger partial charge in [-0.25, -0.2) is 4.99 Å². The maximum absolute atomic E-state index is 11.9. The molecule has 148 valence electrons. The van der Waals surface area contributed by atoms with Gasteiger partial charge in [0.15, 0.2) is 5.96 Å². The van der Waals surface area contributed by atoms with E-state index in [1.807, 2.05) is 27.7 Å². The zero-order valence-electron chi connectivity index (χ0n) is 16.8. The van der Waals surface area contributed by atoms with Gasteiger partial charge in [-0.15, -0.1) is 24.0 Å². The molecule has 1 saturated heterocycles. The predicted molar refractivity (Wildman–Crippen MR) is 115 cm³/mol. The van der Waals surface area contributed by atoms with Crippen LogP contribution in [0.2, 0.25) is 0 Å². The molecule has 0 aromatic carbocycles. The Morgan fingerprint density at radius 3 is 2.44 bits per heavy atom. The summed E-state index contributed by atoms with van der Waals surface area (Å²) in [4.78, 5) is 21.1. The number of aliphatic imine (C=N–C) groups is 1. The summed E-state index contributed by atoms with van der Waals surface area (Å²) in [5, 5.41) is 3.30. The SMILES string of the molecule is CCNC(=NCC(=O)OC(C)(C)C)N1CCC(CN(CC)CC)C1.I. The highest BCUT2D eigenvalue weighted by Crippen LogP contribution is 2.17. The van der Waals surface area contributed by atoms with E-state index in [1.54, 1.807) is 0 Å². The van der Waals surface area contributed by atoms with Crippen molar-refractivity contribution in [1.29, 1.82) is 0 Å². The summed E-state index contributed by atoms with van der Waals surface area (Å²) >= 11 is 0. The Morgan fingerprint density at radius 2 is 1.92 bits per heavy atom. The number of nitrogens with one attached hydrogen (secondary N) is 1. The van der Waals surface area contributed by atoms with E-state index >= 15 is 0 Å². The van der Waals surface area contributed by atoms with Crippen LogP contribution in [-0.2, 0) is 9.53 Å². The van der Waals surface area contributed by atoms with Crippen LogP contribution in [0.25, 0.3) is 0 Å². The molecule has 0 bridgehead atoms. The molecule has 0 amide bonds. The quantitative estimate of drug-likeness (QED) is 0.270. The van der Waals surface area contributed by atoms with E-state index in [0.717, 1.165) is 45.2 Å². The van der Waals surface area contributed by atoms with Crippen molar-refractivity contribution >= 4 is 35.9 Å². The van der Waals surface area contributed by atoms with E-state index < -0.39 is 5.60 Å². The van der Waals surface area contributed by atoms with Crippen LogP contribution in [0.1, 0.15) is 48.0 Å². The minimum Gasteiger partial charge on any atom is -0.459 e. The third-order valence-corrected chi connectivity index (χ3v) is 4.11. The lowest BCUT2D eigenvalue weighted by Crippen LogP contribution is -2.41. The van der Waals surface area contributed by atoms with Crippen LogP contribution in [-0.4, -0.2) is 73.1 Å². The van der Waals surface area contributed by atoms with Gasteiger partial charge >= 0.3 is 5.97 Å². The molecular formula is C18H37IN4O2. The fraction of sp³-hybridized carbons (Fsp3) is 0.889. The Balaban J connectivity index is 0.00000576. The first-order chi connectivity index (χ1) is 11.3. The predicted octanol–water partition coefficient (Wildman–Crippen LogP) is 2.58. The molecule has 0 spiro atoms. The standard InChI is InChI=1S/C18H36N4O2.HI/c1-7-19-17(20-12-16(23)24-18(4,5)6)22-11-10-15(14-22)13-21(8-2)9-3;/h15H,7-14H2,1-6H3,(H,19,20);1H. The number of rotatable bonds is 7. The van der Waals surface area contributed by atoms with Gasteiger partial charge in [0.2, 0.25) is 0 Å². The average Bonchev–Trinajstić information content (AvgIpc) is 2.95. The summed E-state index contributed by atoms with van der Waals surface area (Å²) < 4.78 is 5.33. The van der Waals surface area contributed by atoms with Crippen molar-refractivity contribution in [2.45, 2.75) is 53.6 Å². The molecule has 7 heteroatoms. The number of hydrogen-bond donors (Lipinski definition) is 1. The van der Waals surface area contributed by atoms with Gasteiger partial charge < -0.3 is 19.9 Å². The lowest BCUT2D eigenvalue weighted by atomic mass is 10.1. The van der Waals surface area contributed by atoms with Gasteiger partial charge in [0.05, 0.1) is 0 Å². The summed E-state index contributed by atoms with van der Waals surface area (Å²) in [6, 6.07) is 0. The third kappa shape index (κ3) is 9.63. The molecule has 0 aliphatic carbocycles. The van der Waals surface area contributed by atoms with Gasteiger partial charge in [-0.05, 0) is 53.1 Å². The highest BCUT2D eigenvalue weighted by molar-refractivity contribution is 14.0. The molecule has 0 aromatic rings. The normalized spacial score (nSPS) is 18.3. The molecule has 1 rings (SSSR count). The fourth-order valence-electron chi connectivity index (χ4n) is 2.96. The second-order valence-electron chi connectivity index (χ2n) is 7.34. The Labute approximate surface area is 170 Å². The molecule has 0 radical (unpaired) electrons. The van der Waals surface area contributed by atoms with E-state index in [4.69, 9.17) is 4.74 Å². The summed E-state index contributed by atoms with van der Waals surface area (Å²) in [6.45, 7) is 18.3. The molecular weight excluding hydrogens is 431 g/mol. The van der Waals surface area contributed by atoms with Crippen molar-refractivity contribution in [2.24, 2.45) is 10.9 Å². The van der Waals surface area contributed by atoms with Crippen LogP contribution in [0.3, 0.4) is 0 Å². The zero-order chi connectivity index (χ0) is 18.2. The van der Waals surface area contributed by atoms with Crippen molar-refractivity contribution in [3.05, 3.63) is 0 Å². The Kier molecular flexibility index (Phi) is 11.7. The van der Waals surface area contributed by atoms with E-state index in [2.05, 4.69) is 34.0 Å². The van der Waals surface area contributed by atoms with Crippen LogP contribution >= 0.6 is 24.0 Å². The van der Waals surface area contributed by atoms with Gasteiger partial charge in [0.25, 0.3) is 0 Å². The van der Waals surface area contributed by atoms with Gasteiger partial charge in [-0.1, -0.05) is 13.8 Å². The van der Waals surface area contributed by atoms with Crippen molar-refractivity contribution in [2.75, 3.05) is 45.8 Å². The lowest BCUT2D eigenvalue weighted by Gasteiger charge is -2.24. The first-order valence-corrected chi connectivity index (χ1v) is 9.26. The van der Waals surface area contributed by atoms with Gasteiger partial charge in [0, 0.05) is 26.2 Å². The Bertz CT molecular complexity index is 420. The summed E-state index contributed by atoms with van der Waals surface area (Å²) in [7, 11) is 0. The second kappa shape index (κ2) is 11.9. The summed E-state index contributed by atoms with van der Waals surface area (Å²) in [6.07, 6.45) is 1.17. The molecule has 1 N–H and O–H groups in total. The summed E-state index contributed by atoms with van der Waals surface area (Å²) in [5.41, 5.74) is -0.465. The molecule has 0 saturated carbocycles. The molecule has 1 heterocycles. The van der Waals surface area contributed by atoms with Crippen LogP contribution in [0, 0.1) is 5.92 Å². The first kappa shape index (κ1) is 24.4. The number of carbonyl (C=O) groups excluding carboxylic acids is 1. The van der Waals surface area contributed by atoms with Crippen LogP contribution in [0.5, 0.6) is 0 Å². The van der Waals surface area contributed by atoms with Crippen LogP contribution < -0.4 is 5.32 Å². The maximum atomic E-state index is 11.9. The first-order valence-electron chi connectivity index (χ1n) is 9.26. The minimum absolute atomic E-state index is 0. The smallest absolute Gasteiger partial charge is 0.328 e. The third-order valence-electron chi connectivity index (χ3n) is 4.11. The van der Waals surface area contributed by atoms with E-state index in [-0.39, 0.29) is 36.5 Å². The number of ether oxygens (including phenoxy) is 1. The number of hydrogen-bond acceptors (Lipinski definition) is 4. The van der Waals surface area contributed by atoms with Crippen molar-refractivity contribution < 1.29 is 9.53 Å². The number of nitrogens with zero attached hydrogens (tertiary/aromatic N) is 3. The topological polar surface area (TPSA) is 57.2 Å². The Morgan fingerprint density at radius 1 is 1.28 bits per heavy atom. The van der Waals surface area contributed by atoms with Crippen LogP contribution in [0.4, 0.5) is 0 Å². The van der Waals surface area contributed by atoms with E-state index in [9.17, 15) is 4.79 Å². The largest absolute Gasteiger partial charge is 0.459 e. The highest BCUT2D eigenvalue weighted by atomic mass is 127. The minimum atomic E-state index is -0.465. The van der Waals surface area contributed by atoms with E-state index in [0.29, 0.717) is 5.92 Å². The molecule has 1 aliphatic heterocycles. The number of carbonyl (C=O) groups is 1. The second-order valence-corrected chi connectivity index (χ2v) is 7.34. The van der Waals surface area contributed by atoms with E-state index in [1.165, 1.54) is 6.42 Å². The van der Waals surface area contributed by atoms with Gasteiger partial charge in [0.1, 0.15) is 12.1 Å². The van der Waals surface area contributed by atoms with Gasteiger partial charge in [-0.3, -0.25) is 4.79 Å². The molecule has 1 atom stereocenters. The maximum Gasteiger partial charge on any atom is 0.328 e. The lowest BCUT2D eigenvalue weighted by molar-refractivity contribution is -0.152. The Hall–Kier alpha value is -0.570. The molecule has 0 aromatic heterocycles. The number of guanidine groups is 1. The number of halogens is 1. The highest BCUT2D eigenvalue weighted by Gasteiger charge is 2.26. The summed E-state index contributed by atoms with van der Waals surface area (Å²) in [5.74, 6) is 1.21. The van der Waals surface area contributed by atoms with Crippen molar-refractivity contribution in [3.8, 4) is 0 Å². The van der Waals surface area contributed by atoms with Gasteiger partial charge in [-0.2, -0.15) is 0 Å². The van der Waals surface area contributed by atoms with Crippen LogP contribution in [0.15, 0.2) is 4.99 Å². The molecule has 25 heavy (non-hydrogen) atoms. The number of likely N-dealkylation sites (tertiary alicyclic amines) is 1. The molecule has 1 unspecified atom stereocenters. The molecule has 6 nitrogen and oxygen atoms in total. The van der Waals surface area contributed by atoms with Crippen molar-refractivity contribution in [1.82, 2.24) is 15.1 Å². The molecule has 1 fully saturated rings. The fourth-order valence-corrected chi connectivity index (χ4v) is 2.96. The molecule has 1 aliphatic rings. The average molecular weight is 468 g/mol. The van der Waals surface area contributed by atoms with Crippen molar-refractivity contribution in [3.63, 3.8) is 0 Å². The monoisotopic (exact) mass is 468 g/mol. The number of esters is 1.